The van der Waals surface area contributed by atoms with Crippen LogP contribution < -0.4 is 5.32 Å². The number of nitrogens with one attached hydrogen (secondary N) is 1. The van der Waals surface area contributed by atoms with Crippen molar-refractivity contribution in [3.63, 3.8) is 0 Å². The van der Waals surface area contributed by atoms with Crippen LogP contribution in [0, 0.1) is 18.8 Å². The molecule has 1 atom stereocenters. The highest BCUT2D eigenvalue weighted by atomic mass is 15.2. The Balaban J connectivity index is 1.68. The number of hydrogen-bond acceptors (Lipinski definition) is 2. The van der Waals surface area contributed by atoms with Gasteiger partial charge in [-0.25, -0.2) is 0 Å². The molecular formula is C16H26N2. The van der Waals surface area contributed by atoms with Gasteiger partial charge in [-0.3, -0.25) is 0 Å². The number of aryl methyl sites for hydroxylation is 1. The maximum Gasteiger partial charge on any atom is 0.0340 e. The lowest BCUT2D eigenvalue weighted by Crippen LogP contribution is -2.27. The molecule has 0 aliphatic carbocycles. The van der Waals surface area contributed by atoms with Crippen molar-refractivity contribution in [3.8, 4) is 0 Å². The summed E-state index contributed by atoms with van der Waals surface area (Å²) in [5, 5.41) is 3.50. The van der Waals surface area contributed by atoms with Gasteiger partial charge < -0.3 is 10.2 Å². The van der Waals surface area contributed by atoms with Gasteiger partial charge in [0.05, 0.1) is 0 Å². The van der Waals surface area contributed by atoms with Crippen LogP contribution in [-0.2, 0) is 0 Å². The zero-order valence-electron chi connectivity index (χ0n) is 11.9. The topological polar surface area (TPSA) is 15.3 Å². The molecule has 0 aromatic heterocycles. The molecule has 18 heavy (non-hydrogen) atoms. The Morgan fingerprint density at radius 2 is 2.00 bits per heavy atom. The van der Waals surface area contributed by atoms with Crippen LogP contribution >= 0.6 is 0 Å². The highest BCUT2D eigenvalue weighted by molar-refractivity contribution is 5.44. The highest BCUT2D eigenvalue weighted by Crippen LogP contribution is 2.23. The number of anilines is 1. The minimum absolute atomic E-state index is 0.833. The smallest absolute Gasteiger partial charge is 0.0340 e. The van der Waals surface area contributed by atoms with Crippen molar-refractivity contribution in [2.24, 2.45) is 11.8 Å². The number of rotatable bonds is 5. The molecule has 0 amide bonds. The Bertz CT molecular complexity index is 356. The van der Waals surface area contributed by atoms with Gasteiger partial charge in [0.15, 0.2) is 0 Å². The third-order valence-electron chi connectivity index (χ3n) is 4.06. The number of likely N-dealkylation sites (tertiary alicyclic amines) is 1. The molecular weight excluding hydrogens is 220 g/mol. The maximum absolute atomic E-state index is 3.50. The molecule has 0 saturated carbocycles. The quantitative estimate of drug-likeness (QED) is 0.857. The lowest BCUT2D eigenvalue weighted by molar-refractivity contribution is 0.313. The summed E-state index contributed by atoms with van der Waals surface area (Å²) in [4.78, 5) is 2.59. The fourth-order valence-electron chi connectivity index (χ4n) is 2.64. The van der Waals surface area contributed by atoms with Crippen LogP contribution in [0.3, 0.4) is 0 Å². The lowest BCUT2D eigenvalue weighted by Gasteiger charge is -2.18. The molecule has 2 heteroatoms. The van der Waals surface area contributed by atoms with E-state index >= 15 is 0 Å². The first kappa shape index (κ1) is 13.4. The fourth-order valence-corrected chi connectivity index (χ4v) is 2.64. The first-order chi connectivity index (χ1) is 8.65. The molecule has 1 aliphatic heterocycles. The molecule has 1 saturated heterocycles. The average Bonchev–Trinajstić information content (AvgIpc) is 2.81. The minimum Gasteiger partial charge on any atom is -0.384 e. The average molecular weight is 246 g/mol. The summed E-state index contributed by atoms with van der Waals surface area (Å²) in [6, 6.07) is 8.65. The Labute approximate surface area is 111 Å². The number of benzene rings is 1. The van der Waals surface area contributed by atoms with E-state index in [-0.39, 0.29) is 0 Å². The van der Waals surface area contributed by atoms with Crippen molar-refractivity contribution >= 4 is 5.69 Å². The second kappa shape index (κ2) is 6.24. The predicted octanol–water partition coefficient (Wildman–Crippen LogP) is 3.38. The summed E-state index contributed by atoms with van der Waals surface area (Å²) in [5.41, 5.74) is 2.56. The molecule has 100 valence electrons. The van der Waals surface area contributed by atoms with Crippen LogP contribution in [0.25, 0.3) is 0 Å². The van der Waals surface area contributed by atoms with Crippen molar-refractivity contribution in [2.45, 2.75) is 27.2 Å². The Morgan fingerprint density at radius 3 is 2.61 bits per heavy atom. The van der Waals surface area contributed by atoms with Gasteiger partial charge in [-0.15, -0.1) is 0 Å². The molecule has 1 N–H and O–H groups in total. The van der Waals surface area contributed by atoms with Crippen LogP contribution in [-0.4, -0.2) is 31.1 Å². The summed E-state index contributed by atoms with van der Waals surface area (Å²) in [6.45, 7) is 11.6. The molecule has 0 spiro atoms. The Morgan fingerprint density at radius 1 is 1.28 bits per heavy atom. The normalized spacial score (nSPS) is 20.6. The van der Waals surface area contributed by atoms with Crippen LogP contribution in [0.4, 0.5) is 5.69 Å². The third-order valence-corrected chi connectivity index (χ3v) is 4.06. The predicted molar refractivity (Wildman–Crippen MR) is 79.1 cm³/mol. The maximum atomic E-state index is 3.50. The molecule has 1 aliphatic rings. The largest absolute Gasteiger partial charge is 0.384 e. The molecule has 1 aromatic carbocycles. The Kier molecular flexibility index (Phi) is 4.65. The van der Waals surface area contributed by atoms with Gasteiger partial charge in [-0.2, -0.15) is 0 Å². The minimum atomic E-state index is 0.833. The van der Waals surface area contributed by atoms with E-state index in [2.05, 4.69) is 55.3 Å². The van der Waals surface area contributed by atoms with Crippen LogP contribution in [0.5, 0.6) is 0 Å². The molecule has 1 unspecified atom stereocenters. The highest BCUT2D eigenvalue weighted by Gasteiger charge is 2.23. The fraction of sp³-hybridized carbons (Fsp3) is 0.625. The van der Waals surface area contributed by atoms with E-state index in [9.17, 15) is 0 Å². The monoisotopic (exact) mass is 246 g/mol. The first-order valence-corrected chi connectivity index (χ1v) is 7.18. The van der Waals surface area contributed by atoms with Gasteiger partial charge in [0.2, 0.25) is 0 Å². The molecule has 2 rings (SSSR count). The summed E-state index contributed by atoms with van der Waals surface area (Å²) in [5.74, 6) is 1.74. The zero-order valence-corrected chi connectivity index (χ0v) is 11.9. The van der Waals surface area contributed by atoms with E-state index in [0.29, 0.717) is 0 Å². The van der Waals surface area contributed by atoms with E-state index in [0.717, 1.165) is 24.9 Å². The van der Waals surface area contributed by atoms with Crippen LogP contribution in [0.1, 0.15) is 25.8 Å². The summed E-state index contributed by atoms with van der Waals surface area (Å²) in [6.07, 6.45) is 1.38. The molecule has 1 fully saturated rings. The van der Waals surface area contributed by atoms with Crippen molar-refractivity contribution < 1.29 is 0 Å². The first-order valence-electron chi connectivity index (χ1n) is 7.18. The van der Waals surface area contributed by atoms with Crippen molar-refractivity contribution in [2.75, 3.05) is 31.5 Å². The molecule has 1 heterocycles. The van der Waals surface area contributed by atoms with E-state index < -0.39 is 0 Å². The summed E-state index contributed by atoms with van der Waals surface area (Å²) in [7, 11) is 0. The van der Waals surface area contributed by atoms with Gasteiger partial charge in [-0.05, 0) is 43.9 Å². The SMILES string of the molecule is Cc1ccc(NCCN2CCC(C(C)C)C2)cc1. The van der Waals surface area contributed by atoms with E-state index in [1.807, 2.05) is 0 Å². The summed E-state index contributed by atoms with van der Waals surface area (Å²) >= 11 is 0. The van der Waals surface area contributed by atoms with Crippen LogP contribution in [0.15, 0.2) is 24.3 Å². The Hall–Kier alpha value is -1.02. The van der Waals surface area contributed by atoms with Crippen molar-refractivity contribution in [1.82, 2.24) is 4.90 Å². The van der Waals surface area contributed by atoms with Gasteiger partial charge in [-0.1, -0.05) is 31.5 Å². The van der Waals surface area contributed by atoms with Gasteiger partial charge in [0.1, 0.15) is 0 Å². The van der Waals surface area contributed by atoms with Gasteiger partial charge in [0.25, 0.3) is 0 Å². The van der Waals surface area contributed by atoms with E-state index in [1.165, 1.54) is 30.8 Å². The lowest BCUT2D eigenvalue weighted by atomic mass is 9.95. The molecule has 0 bridgehead atoms. The molecule has 0 radical (unpaired) electrons. The van der Waals surface area contributed by atoms with Crippen LogP contribution in [0.2, 0.25) is 0 Å². The summed E-state index contributed by atoms with van der Waals surface area (Å²) < 4.78 is 0. The van der Waals surface area contributed by atoms with Crippen molar-refractivity contribution in [3.05, 3.63) is 29.8 Å². The van der Waals surface area contributed by atoms with Gasteiger partial charge in [0, 0.05) is 25.3 Å². The second-order valence-corrected chi connectivity index (χ2v) is 5.89. The standard InChI is InChI=1S/C16H26N2/c1-13(2)15-8-10-18(12-15)11-9-17-16-6-4-14(3)5-7-16/h4-7,13,15,17H,8-12H2,1-3H3. The second-order valence-electron chi connectivity index (χ2n) is 5.89. The van der Waals surface area contributed by atoms with E-state index in [4.69, 9.17) is 0 Å². The number of hydrogen-bond donors (Lipinski definition) is 1. The zero-order chi connectivity index (χ0) is 13.0. The van der Waals surface area contributed by atoms with Crippen molar-refractivity contribution in [1.29, 1.82) is 0 Å². The van der Waals surface area contributed by atoms with E-state index in [1.54, 1.807) is 0 Å². The van der Waals surface area contributed by atoms with Gasteiger partial charge >= 0.3 is 0 Å². The molecule has 2 nitrogen and oxygen atoms in total. The molecule has 1 aromatic rings. The third kappa shape index (κ3) is 3.74. The number of nitrogens with zero attached hydrogens (tertiary/aromatic N) is 1.